The number of phenols is 2. The van der Waals surface area contributed by atoms with Gasteiger partial charge in [-0.2, -0.15) is 9.45 Å². The summed E-state index contributed by atoms with van der Waals surface area (Å²) in [4.78, 5) is -1.14. The van der Waals surface area contributed by atoms with Crippen molar-refractivity contribution in [1.29, 1.82) is 0 Å². The first-order valence-corrected chi connectivity index (χ1v) is 16.9. The molecule has 0 saturated heterocycles. The average molecular weight is 775 g/mol. The van der Waals surface area contributed by atoms with Crippen LogP contribution in [0.25, 0.3) is 32.3 Å². The number of hydrogen-bond donors (Lipinski definition) is 2. The van der Waals surface area contributed by atoms with Crippen molar-refractivity contribution in [2.45, 2.75) is 14.7 Å². The minimum Gasteiger partial charge on any atom is -0.744 e. The summed E-state index contributed by atoms with van der Waals surface area (Å²) in [5.41, 5.74) is 0.216. The Morgan fingerprint density at radius 2 is 1.29 bits per heavy atom. The molecule has 51 heavy (non-hydrogen) atoms. The summed E-state index contributed by atoms with van der Waals surface area (Å²) in [6, 6.07) is 20.9. The van der Waals surface area contributed by atoms with Gasteiger partial charge in [-0.15, -0.1) is 15.3 Å². The number of fused-ring (bicyclic) bond motifs is 3. The summed E-state index contributed by atoms with van der Waals surface area (Å²) in [6.07, 6.45) is 0. The van der Waals surface area contributed by atoms with Crippen LogP contribution in [0.4, 0.5) is 22.7 Å². The minimum atomic E-state index is -5.01. The molecule has 0 saturated carbocycles. The monoisotopic (exact) mass is 774 g/mol. The Morgan fingerprint density at radius 1 is 0.608 bits per heavy atom. The Balaban J connectivity index is 0.00000234. The van der Waals surface area contributed by atoms with Gasteiger partial charge >= 0.3 is 88.7 Å². The van der Waals surface area contributed by atoms with Gasteiger partial charge in [-0.1, -0.05) is 36.4 Å². The van der Waals surface area contributed by atoms with Crippen molar-refractivity contribution in [3.63, 3.8) is 0 Å². The van der Waals surface area contributed by atoms with E-state index in [4.69, 9.17) is 0 Å². The van der Waals surface area contributed by atoms with Crippen molar-refractivity contribution in [3.05, 3.63) is 91.0 Å². The summed E-state index contributed by atoms with van der Waals surface area (Å²) in [5, 5.41) is 52.8. The van der Waals surface area contributed by atoms with Crippen LogP contribution in [-0.4, -0.2) is 36.2 Å². The fraction of sp³-hybridized carbons (Fsp3) is 0. The maximum atomic E-state index is 12.0. The Labute approximate surface area is 360 Å². The van der Waals surface area contributed by atoms with Gasteiger partial charge in [0.15, 0.2) is 0 Å². The van der Waals surface area contributed by atoms with Crippen LogP contribution in [-0.2, 0) is 29.6 Å². The van der Waals surface area contributed by atoms with Gasteiger partial charge in [-0.05, 0) is 53.9 Å². The van der Waals surface area contributed by atoms with E-state index in [2.05, 4.69) is 29.8 Å². The van der Waals surface area contributed by atoms with Crippen molar-refractivity contribution in [2.24, 2.45) is 20.5 Å². The third-order valence-electron chi connectivity index (χ3n) is 7.04. The molecule has 15 nitrogen and oxygen atoms in total. The Morgan fingerprint density at radius 3 is 1.98 bits per heavy atom. The van der Waals surface area contributed by atoms with Gasteiger partial charge in [-0.25, -0.2) is 16.8 Å². The van der Waals surface area contributed by atoms with Crippen molar-refractivity contribution in [2.75, 3.05) is 0 Å². The largest absolute Gasteiger partial charge is 1.00 e. The second-order valence-electron chi connectivity index (χ2n) is 9.97. The molecule has 2 N–H and O–H groups in total. The van der Waals surface area contributed by atoms with E-state index in [0.29, 0.717) is 28.5 Å². The third kappa shape index (κ3) is 9.74. The van der Waals surface area contributed by atoms with E-state index in [9.17, 15) is 41.4 Å². The van der Waals surface area contributed by atoms with Crippen LogP contribution >= 0.6 is 12.0 Å². The molecule has 21 heteroatoms. The molecule has 6 rings (SSSR count). The van der Waals surface area contributed by atoms with Crippen molar-refractivity contribution in [1.82, 2.24) is 0 Å². The smallest absolute Gasteiger partial charge is 0.744 e. The number of azo groups is 2. The first-order valence-electron chi connectivity index (χ1n) is 13.3. The Hall–Kier alpha value is -2.05. The second kappa shape index (κ2) is 17.9. The van der Waals surface area contributed by atoms with E-state index in [1.165, 1.54) is 48.5 Å². The SMILES string of the molecule is O=S(=O)([O-])c1ccc2c(N=Nc3ccc4cc(SOO[O-])cc(S(=O)(=O)[O-])c4c3)cc(O)c(N=Nc3ccc(O)c4ccccc34)c2c1.[Na+].[Na+].[Na+]. The van der Waals surface area contributed by atoms with Gasteiger partial charge in [0, 0.05) is 37.9 Å². The first kappa shape index (κ1) is 43.4. The standard InChI is InChI=1S/C30H20N4O11S3.3Na/c35-27-10-9-25(20-3-1-2-4-22(20)27)32-34-30-24-14-19(47(38,39)40)7-8-21(24)26(15-28(30)36)33-31-17-6-5-16-11-18(46-45-44-37)13-29(23(16)12-17)48(41,42)43;;;/h1-15,35-37H,(H,38,39,40)(H,41,42,43);;;/q;3*+1/p-3. The molecule has 0 aliphatic heterocycles. The minimum absolute atomic E-state index is 0. The molecule has 0 radical (unpaired) electrons. The van der Waals surface area contributed by atoms with E-state index in [-0.39, 0.29) is 138 Å². The van der Waals surface area contributed by atoms with E-state index in [1.54, 1.807) is 24.3 Å². The normalized spacial score (nSPS) is 11.9. The molecule has 0 aliphatic rings. The molecule has 0 aromatic heterocycles. The number of rotatable bonds is 9. The molecule has 6 aromatic rings. The fourth-order valence-electron chi connectivity index (χ4n) is 4.93. The molecule has 0 spiro atoms. The zero-order chi connectivity index (χ0) is 34.2. The molecule has 0 aliphatic carbocycles. The van der Waals surface area contributed by atoms with Crippen LogP contribution in [0.1, 0.15) is 0 Å². The summed E-state index contributed by atoms with van der Waals surface area (Å²) in [6.45, 7) is 0. The molecular weight excluding hydrogens is 758 g/mol. The summed E-state index contributed by atoms with van der Waals surface area (Å²) in [5.74, 6) is -0.490. The van der Waals surface area contributed by atoms with E-state index >= 15 is 0 Å². The molecule has 0 heterocycles. The zero-order valence-electron chi connectivity index (χ0n) is 26.7. The Kier molecular flexibility index (Phi) is 15.2. The van der Waals surface area contributed by atoms with Crippen molar-refractivity contribution in [3.8, 4) is 11.5 Å². The molecule has 0 amide bonds. The number of benzene rings is 6. The predicted octanol–water partition coefficient (Wildman–Crippen LogP) is -2.56. The van der Waals surface area contributed by atoms with Crippen molar-refractivity contribution < 1.29 is 139 Å². The van der Waals surface area contributed by atoms with Crippen LogP contribution in [0.2, 0.25) is 0 Å². The summed E-state index contributed by atoms with van der Waals surface area (Å²) in [7, 11) is -9.94. The number of aromatic hydroxyl groups is 2. The topological polar surface area (TPSA) is 246 Å². The molecular formula is C30H17N4Na3O11S3. The van der Waals surface area contributed by atoms with Gasteiger partial charge < -0.3 is 24.6 Å². The number of nitrogens with zero attached hydrogens (tertiary/aromatic N) is 4. The van der Waals surface area contributed by atoms with Crippen LogP contribution in [0, 0.1) is 0 Å². The number of phenolic OH excluding ortho intramolecular Hbond substituents is 2. The van der Waals surface area contributed by atoms with E-state index in [0.717, 1.165) is 18.2 Å². The molecule has 244 valence electrons. The maximum absolute atomic E-state index is 12.0. The molecule has 0 atom stereocenters. The molecule has 0 fully saturated rings. The zero-order valence-corrected chi connectivity index (χ0v) is 35.2. The van der Waals surface area contributed by atoms with Gasteiger partial charge in [0.2, 0.25) is 0 Å². The second-order valence-corrected chi connectivity index (χ2v) is 13.5. The molecule has 6 aromatic carbocycles. The maximum Gasteiger partial charge on any atom is 1.00 e. The molecule has 0 bridgehead atoms. The first-order chi connectivity index (χ1) is 22.8. The van der Waals surface area contributed by atoms with Crippen LogP contribution < -0.4 is 93.9 Å². The van der Waals surface area contributed by atoms with Gasteiger partial charge in [0.05, 0.1) is 38.9 Å². The quantitative estimate of drug-likeness (QED) is 0.0385. The van der Waals surface area contributed by atoms with Gasteiger partial charge in [-0.3, -0.25) is 5.04 Å². The molecule has 0 unspecified atom stereocenters. The van der Waals surface area contributed by atoms with Gasteiger partial charge in [0.25, 0.3) is 0 Å². The van der Waals surface area contributed by atoms with Crippen LogP contribution in [0.15, 0.2) is 126 Å². The van der Waals surface area contributed by atoms with E-state index in [1.807, 2.05) is 0 Å². The third-order valence-corrected chi connectivity index (χ3v) is 9.30. The van der Waals surface area contributed by atoms with Crippen LogP contribution in [0.3, 0.4) is 0 Å². The number of hydrogen-bond acceptors (Lipinski definition) is 16. The average Bonchev–Trinajstić information content (AvgIpc) is 3.05. The Bertz CT molecular complexity index is 2560. The summed E-state index contributed by atoms with van der Waals surface area (Å²) < 4.78 is 75.9. The summed E-state index contributed by atoms with van der Waals surface area (Å²) >= 11 is 0.401. The van der Waals surface area contributed by atoms with Crippen LogP contribution in [0.5, 0.6) is 11.5 Å². The fourth-order valence-corrected chi connectivity index (χ4v) is 6.66. The van der Waals surface area contributed by atoms with Crippen molar-refractivity contribution >= 4 is 87.3 Å². The predicted molar refractivity (Wildman–Crippen MR) is 167 cm³/mol. The van der Waals surface area contributed by atoms with Gasteiger partial charge in [0.1, 0.15) is 37.4 Å². The van der Waals surface area contributed by atoms with E-state index < -0.39 is 35.8 Å².